The molecule has 0 bridgehead atoms. The SMILES string of the molecule is C#CCN(CC)C(=O)C(=O)OCC. The summed E-state index contributed by atoms with van der Waals surface area (Å²) in [6.45, 7) is 4.12. The molecule has 13 heavy (non-hydrogen) atoms. The summed E-state index contributed by atoms with van der Waals surface area (Å²) < 4.78 is 4.53. The third-order valence-electron chi connectivity index (χ3n) is 1.40. The zero-order valence-electron chi connectivity index (χ0n) is 7.87. The van der Waals surface area contributed by atoms with Crippen LogP contribution in [0.2, 0.25) is 0 Å². The van der Waals surface area contributed by atoms with Crippen molar-refractivity contribution in [1.82, 2.24) is 4.90 Å². The highest BCUT2D eigenvalue weighted by Crippen LogP contribution is 1.91. The van der Waals surface area contributed by atoms with E-state index in [1.807, 2.05) is 0 Å². The molecule has 4 heteroatoms. The molecule has 0 spiro atoms. The Morgan fingerprint density at radius 2 is 2.08 bits per heavy atom. The summed E-state index contributed by atoms with van der Waals surface area (Å²) in [6, 6.07) is 0. The van der Waals surface area contributed by atoms with Gasteiger partial charge in [0.15, 0.2) is 0 Å². The minimum atomic E-state index is -0.848. The average Bonchev–Trinajstić information content (AvgIpc) is 2.13. The van der Waals surface area contributed by atoms with Gasteiger partial charge in [-0.15, -0.1) is 6.42 Å². The van der Waals surface area contributed by atoms with E-state index < -0.39 is 11.9 Å². The predicted octanol–water partition coefficient (Wildman–Crippen LogP) is 0.0312. The zero-order chi connectivity index (χ0) is 10.3. The Kier molecular flexibility index (Phi) is 5.37. The van der Waals surface area contributed by atoms with Gasteiger partial charge in [-0.2, -0.15) is 0 Å². The summed E-state index contributed by atoms with van der Waals surface area (Å²) in [5.41, 5.74) is 0. The molecule has 0 saturated carbocycles. The van der Waals surface area contributed by atoms with E-state index in [0.29, 0.717) is 6.54 Å². The normalized spacial score (nSPS) is 8.69. The summed E-state index contributed by atoms with van der Waals surface area (Å²) in [5.74, 6) is 0.768. The van der Waals surface area contributed by atoms with Crippen molar-refractivity contribution in [2.45, 2.75) is 13.8 Å². The number of carbonyl (C=O) groups is 2. The number of esters is 1. The first-order valence-electron chi connectivity index (χ1n) is 4.06. The van der Waals surface area contributed by atoms with Crippen LogP contribution in [-0.4, -0.2) is 36.5 Å². The molecule has 0 atom stereocenters. The molecule has 0 unspecified atom stereocenters. The van der Waals surface area contributed by atoms with E-state index in [2.05, 4.69) is 10.7 Å². The highest BCUT2D eigenvalue weighted by Gasteiger charge is 2.20. The number of carbonyl (C=O) groups excluding carboxylic acids is 2. The molecule has 72 valence electrons. The van der Waals surface area contributed by atoms with Gasteiger partial charge in [-0.1, -0.05) is 5.92 Å². The van der Waals surface area contributed by atoms with Crippen molar-refractivity contribution in [2.75, 3.05) is 19.7 Å². The standard InChI is InChI=1S/C9H13NO3/c1-4-7-10(5-2)8(11)9(12)13-6-3/h1H,5-7H2,2-3H3. The van der Waals surface area contributed by atoms with Crippen LogP contribution in [0.4, 0.5) is 0 Å². The van der Waals surface area contributed by atoms with Crippen molar-refractivity contribution in [1.29, 1.82) is 0 Å². The zero-order valence-corrected chi connectivity index (χ0v) is 7.87. The lowest BCUT2D eigenvalue weighted by atomic mass is 10.4. The molecule has 0 aliphatic heterocycles. The molecule has 0 aromatic rings. The maximum absolute atomic E-state index is 11.2. The lowest BCUT2D eigenvalue weighted by molar-refractivity contribution is -0.159. The fraction of sp³-hybridized carbons (Fsp3) is 0.556. The van der Waals surface area contributed by atoms with E-state index in [1.54, 1.807) is 13.8 Å². The topological polar surface area (TPSA) is 46.6 Å². The third-order valence-corrected chi connectivity index (χ3v) is 1.40. The van der Waals surface area contributed by atoms with E-state index in [-0.39, 0.29) is 13.2 Å². The number of ether oxygens (including phenoxy) is 1. The monoisotopic (exact) mass is 183 g/mol. The van der Waals surface area contributed by atoms with Crippen LogP contribution in [0.25, 0.3) is 0 Å². The van der Waals surface area contributed by atoms with Gasteiger partial charge in [0.25, 0.3) is 0 Å². The van der Waals surface area contributed by atoms with Gasteiger partial charge in [0.2, 0.25) is 0 Å². The van der Waals surface area contributed by atoms with Crippen LogP contribution in [0.3, 0.4) is 0 Å². The van der Waals surface area contributed by atoms with E-state index >= 15 is 0 Å². The number of hydrogen-bond donors (Lipinski definition) is 0. The van der Waals surface area contributed by atoms with Crippen LogP contribution in [-0.2, 0) is 14.3 Å². The Bertz CT molecular complexity index is 230. The molecule has 0 fully saturated rings. The largest absolute Gasteiger partial charge is 0.459 e. The Hall–Kier alpha value is -1.50. The first-order valence-corrected chi connectivity index (χ1v) is 4.06. The quantitative estimate of drug-likeness (QED) is 0.352. The number of hydrogen-bond acceptors (Lipinski definition) is 3. The molecular formula is C9H13NO3. The Morgan fingerprint density at radius 1 is 1.46 bits per heavy atom. The molecule has 0 heterocycles. The molecule has 0 saturated heterocycles. The minimum Gasteiger partial charge on any atom is -0.459 e. The summed E-state index contributed by atoms with van der Waals surface area (Å²) in [4.78, 5) is 23.4. The van der Waals surface area contributed by atoms with Crippen molar-refractivity contribution >= 4 is 11.9 Å². The predicted molar refractivity (Wildman–Crippen MR) is 47.7 cm³/mol. The molecule has 0 rings (SSSR count). The molecule has 1 amide bonds. The summed E-state index contributed by atoms with van der Waals surface area (Å²) in [7, 11) is 0. The van der Waals surface area contributed by atoms with Crippen LogP contribution >= 0.6 is 0 Å². The van der Waals surface area contributed by atoms with Crippen molar-refractivity contribution in [2.24, 2.45) is 0 Å². The minimum absolute atomic E-state index is 0.133. The Labute approximate surface area is 77.9 Å². The maximum Gasteiger partial charge on any atom is 0.397 e. The van der Waals surface area contributed by atoms with Gasteiger partial charge in [-0.3, -0.25) is 4.79 Å². The van der Waals surface area contributed by atoms with Gasteiger partial charge in [0.1, 0.15) is 0 Å². The van der Waals surface area contributed by atoms with Crippen LogP contribution in [0.5, 0.6) is 0 Å². The van der Waals surface area contributed by atoms with Crippen molar-refractivity contribution in [3.8, 4) is 12.3 Å². The maximum atomic E-state index is 11.2. The van der Waals surface area contributed by atoms with Crippen molar-refractivity contribution < 1.29 is 14.3 Å². The highest BCUT2D eigenvalue weighted by atomic mass is 16.5. The summed E-state index contributed by atoms with van der Waals surface area (Å²) in [6.07, 6.45) is 5.02. The molecule has 0 radical (unpaired) electrons. The second kappa shape index (κ2) is 6.06. The summed E-state index contributed by atoms with van der Waals surface area (Å²) >= 11 is 0. The molecule has 0 aliphatic rings. The first kappa shape index (κ1) is 11.5. The first-order chi connectivity index (χ1) is 6.17. The smallest absolute Gasteiger partial charge is 0.397 e. The number of amides is 1. The third kappa shape index (κ3) is 3.61. The lowest BCUT2D eigenvalue weighted by Crippen LogP contribution is -2.37. The van der Waals surface area contributed by atoms with Gasteiger partial charge < -0.3 is 9.64 Å². The number of likely N-dealkylation sites (N-methyl/N-ethyl adjacent to an activating group) is 1. The van der Waals surface area contributed by atoms with E-state index in [1.165, 1.54) is 4.90 Å². The van der Waals surface area contributed by atoms with Crippen LogP contribution < -0.4 is 0 Å². The Balaban J connectivity index is 4.21. The molecule has 0 aromatic heterocycles. The van der Waals surface area contributed by atoms with Crippen molar-refractivity contribution in [3.63, 3.8) is 0 Å². The fourth-order valence-electron chi connectivity index (χ4n) is 0.759. The van der Waals surface area contributed by atoms with Crippen molar-refractivity contribution in [3.05, 3.63) is 0 Å². The second-order valence-electron chi connectivity index (χ2n) is 2.24. The average molecular weight is 183 g/mol. The van der Waals surface area contributed by atoms with Gasteiger partial charge in [-0.25, -0.2) is 4.79 Å². The lowest BCUT2D eigenvalue weighted by Gasteiger charge is -2.15. The van der Waals surface area contributed by atoms with E-state index in [0.717, 1.165) is 0 Å². The van der Waals surface area contributed by atoms with Crippen LogP contribution in [0.15, 0.2) is 0 Å². The number of terminal acetylenes is 1. The number of nitrogens with zero attached hydrogens (tertiary/aromatic N) is 1. The summed E-state index contributed by atoms with van der Waals surface area (Å²) in [5, 5.41) is 0. The fourth-order valence-corrected chi connectivity index (χ4v) is 0.759. The highest BCUT2D eigenvalue weighted by molar-refractivity contribution is 6.32. The van der Waals surface area contributed by atoms with Gasteiger partial charge >= 0.3 is 11.9 Å². The molecule has 0 aromatic carbocycles. The molecular weight excluding hydrogens is 170 g/mol. The van der Waals surface area contributed by atoms with Gasteiger partial charge in [0, 0.05) is 6.54 Å². The Morgan fingerprint density at radius 3 is 2.46 bits per heavy atom. The second-order valence-corrected chi connectivity index (χ2v) is 2.24. The van der Waals surface area contributed by atoms with Gasteiger partial charge in [-0.05, 0) is 13.8 Å². The molecule has 0 aliphatic carbocycles. The van der Waals surface area contributed by atoms with Crippen LogP contribution in [0, 0.1) is 12.3 Å². The molecule has 0 N–H and O–H groups in total. The van der Waals surface area contributed by atoms with E-state index in [9.17, 15) is 9.59 Å². The molecule has 4 nitrogen and oxygen atoms in total. The van der Waals surface area contributed by atoms with E-state index in [4.69, 9.17) is 6.42 Å². The number of rotatable bonds is 3. The van der Waals surface area contributed by atoms with Gasteiger partial charge in [0.05, 0.1) is 13.2 Å². The van der Waals surface area contributed by atoms with Crippen LogP contribution in [0.1, 0.15) is 13.8 Å².